The molecular weight excluding hydrogens is 297 g/mol. The SMILES string of the molecule is CN(C1CNC1)S(=O)(=O)c1cccc(OC(F)(F)F)c1. The van der Waals surface area contributed by atoms with Crippen molar-refractivity contribution in [3.8, 4) is 5.75 Å². The summed E-state index contributed by atoms with van der Waals surface area (Å²) in [4.78, 5) is -0.228. The lowest BCUT2D eigenvalue weighted by Gasteiger charge is -2.34. The molecular formula is C11H13F3N2O3S. The Hall–Kier alpha value is -1.32. The maximum Gasteiger partial charge on any atom is 0.573 e. The fraction of sp³-hybridized carbons (Fsp3) is 0.455. The minimum Gasteiger partial charge on any atom is -0.406 e. The molecule has 1 aromatic rings. The van der Waals surface area contributed by atoms with Crippen molar-refractivity contribution in [1.29, 1.82) is 0 Å². The molecule has 9 heteroatoms. The number of alkyl halides is 3. The molecule has 1 aromatic carbocycles. The van der Waals surface area contributed by atoms with Crippen molar-refractivity contribution in [2.75, 3.05) is 20.1 Å². The smallest absolute Gasteiger partial charge is 0.406 e. The number of hydrogen-bond donors (Lipinski definition) is 1. The van der Waals surface area contributed by atoms with Crippen LogP contribution in [0.1, 0.15) is 0 Å². The van der Waals surface area contributed by atoms with Crippen LogP contribution in [0.25, 0.3) is 0 Å². The van der Waals surface area contributed by atoms with E-state index in [-0.39, 0.29) is 10.9 Å². The van der Waals surface area contributed by atoms with Gasteiger partial charge in [0.15, 0.2) is 0 Å². The second-order valence-corrected chi connectivity index (χ2v) is 6.35. The first-order valence-electron chi connectivity index (χ1n) is 5.75. The van der Waals surface area contributed by atoms with Crippen LogP contribution in [-0.2, 0) is 10.0 Å². The van der Waals surface area contributed by atoms with Gasteiger partial charge in [-0.1, -0.05) is 6.07 Å². The molecule has 0 unspecified atom stereocenters. The van der Waals surface area contributed by atoms with Gasteiger partial charge in [0.25, 0.3) is 0 Å². The van der Waals surface area contributed by atoms with Crippen LogP contribution < -0.4 is 10.1 Å². The van der Waals surface area contributed by atoms with Gasteiger partial charge in [0.05, 0.1) is 4.90 Å². The average molecular weight is 310 g/mol. The van der Waals surface area contributed by atoms with Crippen LogP contribution in [0.15, 0.2) is 29.2 Å². The monoisotopic (exact) mass is 310 g/mol. The quantitative estimate of drug-likeness (QED) is 0.907. The van der Waals surface area contributed by atoms with Gasteiger partial charge < -0.3 is 10.1 Å². The number of likely N-dealkylation sites (N-methyl/N-ethyl adjacent to an activating group) is 1. The number of benzene rings is 1. The van der Waals surface area contributed by atoms with E-state index in [1.807, 2.05) is 0 Å². The zero-order valence-electron chi connectivity index (χ0n) is 10.5. The molecule has 0 saturated carbocycles. The molecule has 2 rings (SSSR count). The van der Waals surface area contributed by atoms with Crippen molar-refractivity contribution >= 4 is 10.0 Å². The van der Waals surface area contributed by atoms with Gasteiger partial charge in [-0.05, 0) is 12.1 Å². The van der Waals surface area contributed by atoms with Gasteiger partial charge in [-0.3, -0.25) is 0 Å². The Labute approximate surface area is 114 Å². The van der Waals surface area contributed by atoms with Gasteiger partial charge in [0.2, 0.25) is 10.0 Å². The highest BCUT2D eigenvalue weighted by Gasteiger charge is 2.34. The first-order chi connectivity index (χ1) is 9.20. The van der Waals surface area contributed by atoms with Crippen LogP contribution >= 0.6 is 0 Å². The zero-order valence-corrected chi connectivity index (χ0v) is 11.3. The van der Waals surface area contributed by atoms with E-state index in [0.717, 1.165) is 16.4 Å². The number of sulfonamides is 1. The predicted octanol–water partition coefficient (Wildman–Crippen LogP) is 1.18. The first-order valence-corrected chi connectivity index (χ1v) is 7.19. The van der Waals surface area contributed by atoms with E-state index in [9.17, 15) is 21.6 Å². The summed E-state index contributed by atoms with van der Waals surface area (Å²) >= 11 is 0. The number of nitrogens with zero attached hydrogens (tertiary/aromatic N) is 1. The Morgan fingerprint density at radius 2 is 2.00 bits per heavy atom. The summed E-state index contributed by atoms with van der Waals surface area (Å²) in [6, 6.07) is 4.18. The second kappa shape index (κ2) is 5.23. The molecule has 0 aliphatic carbocycles. The van der Waals surface area contributed by atoms with E-state index < -0.39 is 22.1 Å². The molecule has 0 atom stereocenters. The maximum absolute atomic E-state index is 12.2. The molecule has 20 heavy (non-hydrogen) atoms. The first kappa shape index (κ1) is 15.1. The number of ether oxygens (including phenoxy) is 1. The van der Waals surface area contributed by atoms with Crippen molar-refractivity contribution in [3.05, 3.63) is 24.3 Å². The van der Waals surface area contributed by atoms with Gasteiger partial charge in [-0.2, -0.15) is 4.31 Å². The number of halogens is 3. The maximum atomic E-state index is 12.2. The van der Waals surface area contributed by atoms with Crippen LogP contribution in [-0.4, -0.2) is 45.3 Å². The Bertz CT molecular complexity index is 585. The van der Waals surface area contributed by atoms with Crippen LogP contribution in [0.5, 0.6) is 5.75 Å². The summed E-state index contributed by atoms with van der Waals surface area (Å²) in [6.45, 7) is 1.04. The number of rotatable bonds is 4. The standard InChI is InChI=1S/C11H13F3N2O3S/c1-16(8-6-15-7-8)20(17,18)10-4-2-3-9(5-10)19-11(12,13)14/h2-5,8,15H,6-7H2,1H3. The lowest BCUT2D eigenvalue weighted by Crippen LogP contribution is -2.57. The van der Waals surface area contributed by atoms with Crippen molar-refractivity contribution in [1.82, 2.24) is 9.62 Å². The molecule has 0 spiro atoms. The average Bonchev–Trinajstić information content (AvgIpc) is 2.24. The molecule has 0 aromatic heterocycles. The van der Waals surface area contributed by atoms with Crippen molar-refractivity contribution in [2.45, 2.75) is 17.3 Å². The topological polar surface area (TPSA) is 58.6 Å². The molecule has 0 radical (unpaired) electrons. The van der Waals surface area contributed by atoms with Gasteiger partial charge in [-0.15, -0.1) is 13.2 Å². The van der Waals surface area contributed by atoms with E-state index in [1.165, 1.54) is 19.2 Å². The fourth-order valence-corrected chi connectivity index (χ4v) is 3.11. The van der Waals surface area contributed by atoms with Gasteiger partial charge in [-0.25, -0.2) is 8.42 Å². The Morgan fingerprint density at radius 1 is 1.35 bits per heavy atom. The van der Waals surface area contributed by atoms with Crippen molar-refractivity contribution < 1.29 is 26.3 Å². The number of nitrogens with one attached hydrogen (secondary N) is 1. The van der Waals surface area contributed by atoms with Crippen LogP contribution in [0, 0.1) is 0 Å². The Morgan fingerprint density at radius 3 is 2.50 bits per heavy atom. The molecule has 1 heterocycles. The Kier molecular flexibility index (Phi) is 3.94. The summed E-state index contributed by atoms with van der Waals surface area (Å²) in [5.41, 5.74) is 0. The third kappa shape index (κ3) is 3.22. The summed E-state index contributed by atoms with van der Waals surface area (Å²) in [5, 5.41) is 2.93. The van der Waals surface area contributed by atoms with Gasteiger partial charge in [0.1, 0.15) is 5.75 Å². The molecule has 1 N–H and O–H groups in total. The summed E-state index contributed by atoms with van der Waals surface area (Å²) in [6.07, 6.45) is -4.85. The largest absolute Gasteiger partial charge is 0.573 e. The van der Waals surface area contributed by atoms with Gasteiger partial charge in [0, 0.05) is 32.2 Å². The molecule has 1 aliphatic rings. The summed E-state index contributed by atoms with van der Waals surface area (Å²) in [5.74, 6) is -0.557. The lowest BCUT2D eigenvalue weighted by molar-refractivity contribution is -0.274. The summed E-state index contributed by atoms with van der Waals surface area (Å²) < 4.78 is 65.8. The highest BCUT2D eigenvalue weighted by Crippen LogP contribution is 2.26. The zero-order chi connectivity index (χ0) is 15.0. The van der Waals surface area contributed by atoms with Crippen LogP contribution in [0.3, 0.4) is 0 Å². The molecule has 1 saturated heterocycles. The van der Waals surface area contributed by atoms with Crippen molar-refractivity contribution in [3.63, 3.8) is 0 Å². The predicted molar refractivity (Wildman–Crippen MR) is 64.7 cm³/mol. The number of hydrogen-bond acceptors (Lipinski definition) is 4. The molecule has 1 aliphatic heterocycles. The lowest BCUT2D eigenvalue weighted by atomic mass is 10.2. The molecule has 1 fully saturated rings. The highest BCUT2D eigenvalue weighted by atomic mass is 32.2. The van der Waals surface area contributed by atoms with Crippen LogP contribution in [0.2, 0.25) is 0 Å². The minimum absolute atomic E-state index is 0.188. The van der Waals surface area contributed by atoms with E-state index in [0.29, 0.717) is 13.1 Å². The van der Waals surface area contributed by atoms with Crippen LogP contribution in [0.4, 0.5) is 13.2 Å². The third-order valence-electron chi connectivity index (χ3n) is 2.99. The minimum atomic E-state index is -4.85. The highest BCUT2D eigenvalue weighted by molar-refractivity contribution is 7.89. The second-order valence-electron chi connectivity index (χ2n) is 4.36. The Balaban J connectivity index is 2.25. The normalized spacial score (nSPS) is 17.1. The van der Waals surface area contributed by atoms with E-state index in [2.05, 4.69) is 10.1 Å². The third-order valence-corrected chi connectivity index (χ3v) is 4.90. The fourth-order valence-electron chi connectivity index (χ4n) is 1.72. The molecule has 5 nitrogen and oxygen atoms in total. The van der Waals surface area contributed by atoms with E-state index >= 15 is 0 Å². The van der Waals surface area contributed by atoms with Gasteiger partial charge >= 0.3 is 6.36 Å². The van der Waals surface area contributed by atoms with E-state index in [1.54, 1.807) is 0 Å². The molecule has 0 bridgehead atoms. The van der Waals surface area contributed by atoms with Crippen molar-refractivity contribution in [2.24, 2.45) is 0 Å². The molecule has 0 amide bonds. The summed E-state index contributed by atoms with van der Waals surface area (Å²) in [7, 11) is -2.43. The molecule has 112 valence electrons. The van der Waals surface area contributed by atoms with E-state index in [4.69, 9.17) is 0 Å².